The molecule has 0 heterocycles. The van der Waals surface area contributed by atoms with Gasteiger partial charge in [0.15, 0.2) is 5.78 Å². The fraction of sp³-hybridized carbons (Fsp3) is 0.571. The predicted octanol–water partition coefficient (Wildman–Crippen LogP) is 0.902. The standard InChI is InChI=1S/C7H12O2/c1-5(2)7(4,9)6(3)8/h9H,1H2,2-4H3. The Hall–Kier alpha value is -0.630. The average Bonchev–Trinajstić information content (AvgIpc) is 1.65. The molecular weight excluding hydrogens is 116 g/mol. The molecule has 1 atom stereocenters. The summed E-state index contributed by atoms with van der Waals surface area (Å²) in [6.45, 7) is 7.89. The summed E-state index contributed by atoms with van der Waals surface area (Å²) in [4.78, 5) is 10.6. The molecule has 52 valence electrons. The van der Waals surface area contributed by atoms with Gasteiger partial charge in [0, 0.05) is 0 Å². The highest BCUT2D eigenvalue weighted by Gasteiger charge is 2.26. The first-order valence-corrected chi connectivity index (χ1v) is 2.78. The van der Waals surface area contributed by atoms with Gasteiger partial charge in [-0.15, -0.1) is 0 Å². The molecule has 2 heteroatoms. The number of carbonyl (C=O) groups is 1. The van der Waals surface area contributed by atoms with Gasteiger partial charge in [0.1, 0.15) is 5.60 Å². The van der Waals surface area contributed by atoms with Crippen molar-refractivity contribution in [3.63, 3.8) is 0 Å². The number of Topliss-reactive ketones (excluding diaryl/α,β-unsaturated/α-hetero) is 1. The minimum atomic E-state index is -1.33. The first kappa shape index (κ1) is 8.37. The van der Waals surface area contributed by atoms with E-state index in [0.29, 0.717) is 5.57 Å². The summed E-state index contributed by atoms with van der Waals surface area (Å²) in [5.41, 5.74) is -0.852. The minimum Gasteiger partial charge on any atom is -0.378 e. The van der Waals surface area contributed by atoms with Gasteiger partial charge in [-0.1, -0.05) is 6.58 Å². The van der Waals surface area contributed by atoms with E-state index in [1.165, 1.54) is 13.8 Å². The SMILES string of the molecule is C=C(C)C(C)(O)C(C)=O. The van der Waals surface area contributed by atoms with Gasteiger partial charge in [-0.25, -0.2) is 0 Å². The van der Waals surface area contributed by atoms with Crippen LogP contribution in [0, 0.1) is 0 Å². The first-order chi connectivity index (χ1) is 3.89. The minimum absolute atomic E-state index is 0.269. The Balaban J connectivity index is 4.38. The first-order valence-electron chi connectivity index (χ1n) is 2.78. The second-order valence-electron chi connectivity index (χ2n) is 2.41. The Bertz CT molecular complexity index is 129. The van der Waals surface area contributed by atoms with Crippen LogP contribution in [-0.4, -0.2) is 16.5 Å². The van der Waals surface area contributed by atoms with Crippen LogP contribution in [0.15, 0.2) is 12.2 Å². The maximum atomic E-state index is 10.6. The van der Waals surface area contributed by atoms with E-state index in [1.54, 1.807) is 6.92 Å². The molecule has 0 aromatic carbocycles. The molecule has 0 aliphatic heterocycles. The molecule has 0 radical (unpaired) electrons. The van der Waals surface area contributed by atoms with Gasteiger partial charge < -0.3 is 5.11 Å². The summed E-state index contributed by atoms with van der Waals surface area (Å²) in [5.74, 6) is -0.269. The lowest BCUT2D eigenvalue weighted by molar-refractivity contribution is -0.130. The molecule has 2 nitrogen and oxygen atoms in total. The zero-order chi connectivity index (χ0) is 7.65. The van der Waals surface area contributed by atoms with Crippen LogP contribution in [0.2, 0.25) is 0 Å². The maximum absolute atomic E-state index is 10.6. The van der Waals surface area contributed by atoms with Crippen molar-refractivity contribution in [2.45, 2.75) is 26.4 Å². The van der Waals surface area contributed by atoms with Gasteiger partial charge in [-0.3, -0.25) is 4.79 Å². The summed E-state index contributed by atoms with van der Waals surface area (Å²) in [6, 6.07) is 0. The lowest BCUT2D eigenvalue weighted by Gasteiger charge is -2.18. The van der Waals surface area contributed by atoms with Crippen molar-refractivity contribution in [1.82, 2.24) is 0 Å². The molecule has 1 unspecified atom stereocenters. The molecule has 0 fully saturated rings. The topological polar surface area (TPSA) is 37.3 Å². The van der Waals surface area contributed by atoms with Gasteiger partial charge in [0.2, 0.25) is 0 Å². The van der Waals surface area contributed by atoms with E-state index in [0.717, 1.165) is 0 Å². The van der Waals surface area contributed by atoms with Crippen molar-refractivity contribution in [3.05, 3.63) is 12.2 Å². The summed E-state index contributed by atoms with van der Waals surface area (Å²) >= 11 is 0. The lowest BCUT2D eigenvalue weighted by Crippen LogP contribution is -2.33. The average molecular weight is 128 g/mol. The van der Waals surface area contributed by atoms with Crippen LogP contribution >= 0.6 is 0 Å². The van der Waals surface area contributed by atoms with Crippen LogP contribution < -0.4 is 0 Å². The molecule has 0 saturated carbocycles. The molecule has 0 bridgehead atoms. The highest BCUT2D eigenvalue weighted by atomic mass is 16.3. The number of aliphatic hydroxyl groups is 1. The van der Waals surface area contributed by atoms with E-state index in [9.17, 15) is 9.90 Å². The van der Waals surface area contributed by atoms with E-state index in [-0.39, 0.29) is 5.78 Å². The van der Waals surface area contributed by atoms with Gasteiger partial charge in [0.25, 0.3) is 0 Å². The molecule has 0 amide bonds. The second kappa shape index (κ2) is 2.31. The van der Waals surface area contributed by atoms with Crippen molar-refractivity contribution >= 4 is 5.78 Å². The smallest absolute Gasteiger partial charge is 0.165 e. The number of carbonyl (C=O) groups excluding carboxylic acids is 1. The summed E-state index contributed by atoms with van der Waals surface area (Å²) in [5, 5.41) is 9.22. The van der Waals surface area contributed by atoms with Crippen molar-refractivity contribution in [1.29, 1.82) is 0 Å². The van der Waals surface area contributed by atoms with E-state index < -0.39 is 5.60 Å². The molecule has 9 heavy (non-hydrogen) atoms. The quantitative estimate of drug-likeness (QED) is 0.561. The van der Waals surface area contributed by atoms with E-state index in [4.69, 9.17) is 0 Å². The maximum Gasteiger partial charge on any atom is 0.165 e. The van der Waals surface area contributed by atoms with Crippen molar-refractivity contribution < 1.29 is 9.90 Å². The molecule has 0 spiro atoms. The third-order valence-electron chi connectivity index (χ3n) is 1.52. The van der Waals surface area contributed by atoms with Gasteiger partial charge in [-0.2, -0.15) is 0 Å². The Morgan fingerprint density at radius 1 is 1.56 bits per heavy atom. The van der Waals surface area contributed by atoms with E-state index in [1.807, 2.05) is 0 Å². The summed E-state index contributed by atoms with van der Waals surface area (Å²) in [6.07, 6.45) is 0. The van der Waals surface area contributed by atoms with E-state index in [2.05, 4.69) is 6.58 Å². The van der Waals surface area contributed by atoms with Crippen LogP contribution in [0.4, 0.5) is 0 Å². The fourth-order valence-electron chi connectivity index (χ4n) is 0.301. The van der Waals surface area contributed by atoms with Gasteiger partial charge >= 0.3 is 0 Å². The molecule has 0 aliphatic rings. The number of hydrogen-bond donors (Lipinski definition) is 1. The molecule has 0 aliphatic carbocycles. The molecule has 0 aromatic rings. The largest absolute Gasteiger partial charge is 0.378 e. The van der Waals surface area contributed by atoms with Crippen LogP contribution in [0.3, 0.4) is 0 Å². The number of ketones is 1. The van der Waals surface area contributed by atoms with Crippen LogP contribution in [0.25, 0.3) is 0 Å². The van der Waals surface area contributed by atoms with E-state index >= 15 is 0 Å². The monoisotopic (exact) mass is 128 g/mol. The lowest BCUT2D eigenvalue weighted by atomic mass is 9.95. The number of hydrogen-bond acceptors (Lipinski definition) is 2. The third-order valence-corrected chi connectivity index (χ3v) is 1.52. The predicted molar refractivity (Wildman–Crippen MR) is 36.1 cm³/mol. The zero-order valence-electron chi connectivity index (χ0n) is 6.06. The summed E-state index contributed by atoms with van der Waals surface area (Å²) < 4.78 is 0. The molecule has 1 N–H and O–H groups in total. The highest BCUT2D eigenvalue weighted by molar-refractivity contribution is 5.87. The Labute approximate surface area is 55.2 Å². The van der Waals surface area contributed by atoms with Crippen molar-refractivity contribution in [2.24, 2.45) is 0 Å². The molecular formula is C7H12O2. The highest BCUT2D eigenvalue weighted by Crippen LogP contribution is 2.13. The van der Waals surface area contributed by atoms with Crippen LogP contribution in [-0.2, 0) is 4.79 Å². The summed E-state index contributed by atoms with van der Waals surface area (Å²) in [7, 11) is 0. The fourth-order valence-corrected chi connectivity index (χ4v) is 0.301. The molecule has 0 aromatic heterocycles. The molecule has 0 saturated heterocycles. The van der Waals surface area contributed by atoms with Gasteiger partial charge in [-0.05, 0) is 26.3 Å². The Kier molecular flexibility index (Phi) is 2.15. The van der Waals surface area contributed by atoms with Crippen molar-refractivity contribution in [3.8, 4) is 0 Å². The second-order valence-corrected chi connectivity index (χ2v) is 2.41. The normalized spacial score (nSPS) is 16.4. The zero-order valence-corrected chi connectivity index (χ0v) is 6.06. The van der Waals surface area contributed by atoms with Crippen LogP contribution in [0.1, 0.15) is 20.8 Å². The van der Waals surface area contributed by atoms with Crippen molar-refractivity contribution in [2.75, 3.05) is 0 Å². The Morgan fingerprint density at radius 2 is 1.89 bits per heavy atom. The third kappa shape index (κ3) is 1.64. The molecule has 0 rings (SSSR count). The van der Waals surface area contributed by atoms with Gasteiger partial charge in [0.05, 0.1) is 0 Å². The number of rotatable bonds is 2. The Morgan fingerprint density at radius 3 is 1.89 bits per heavy atom. The van der Waals surface area contributed by atoms with Crippen LogP contribution in [0.5, 0.6) is 0 Å².